The molecule has 0 spiro atoms. The van der Waals surface area contributed by atoms with Gasteiger partial charge < -0.3 is 20.1 Å². The first kappa shape index (κ1) is 20.6. The number of quaternary nitrogens is 1. The summed E-state index contributed by atoms with van der Waals surface area (Å²) in [7, 11) is 2.51. The van der Waals surface area contributed by atoms with Crippen molar-refractivity contribution in [1.82, 2.24) is 0 Å². The van der Waals surface area contributed by atoms with Crippen LogP contribution in [0, 0.1) is 6.92 Å². The molecule has 1 atom stereocenters. The van der Waals surface area contributed by atoms with Gasteiger partial charge in [0.15, 0.2) is 6.54 Å². The molecule has 0 aliphatic rings. The molecule has 0 radical (unpaired) electrons. The first-order valence-electron chi connectivity index (χ1n) is 8.37. The zero-order valence-electron chi connectivity index (χ0n) is 15.7. The van der Waals surface area contributed by atoms with Crippen LogP contribution in [0.3, 0.4) is 0 Å². The monoisotopic (exact) mass is 391 g/mol. The Morgan fingerprint density at radius 3 is 2.33 bits per heavy atom. The van der Waals surface area contributed by atoms with Crippen molar-refractivity contribution in [2.75, 3.05) is 26.1 Å². The predicted molar refractivity (Wildman–Crippen MR) is 102 cm³/mol. The molecule has 0 saturated heterocycles. The number of carbonyl (C=O) groups is 3. The van der Waals surface area contributed by atoms with E-state index < -0.39 is 11.9 Å². The molecule has 1 heterocycles. The zero-order valence-corrected chi connectivity index (χ0v) is 16.5. The Labute approximate surface area is 161 Å². The van der Waals surface area contributed by atoms with Crippen LogP contribution in [0.1, 0.15) is 44.1 Å². The molecule has 144 valence electrons. The Balaban J connectivity index is 2.12. The zero-order chi connectivity index (χ0) is 20.0. The van der Waals surface area contributed by atoms with E-state index in [9.17, 15) is 14.4 Å². The summed E-state index contributed by atoms with van der Waals surface area (Å²) in [5.41, 5.74) is 1.71. The minimum Gasteiger partial charge on any atom is -0.465 e. The number of carbonyl (C=O) groups excluding carboxylic acids is 3. The van der Waals surface area contributed by atoms with E-state index >= 15 is 0 Å². The molecule has 1 aromatic carbocycles. The van der Waals surface area contributed by atoms with Gasteiger partial charge in [-0.05, 0) is 19.4 Å². The van der Waals surface area contributed by atoms with Gasteiger partial charge in [-0.3, -0.25) is 4.79 Å². The van der Waals surface area contributed by atoms with Crippen molar-refractivity contribution < 1.29 is 29.2 Å². The van der Waals surface area contributed by atoms with Gasteiger partial charge in [-0.15, -0.1) is 11.3 Å². The summed E-state index contributed by atoms with van der Waals surface area (Å²) < 4.78 is 9.51. The van der Waals surface area contributed by atoms with Crippen LogP contribution in [0.5, 0.6) is 0 Å². The SMILES string of the molecule is COC(=O)c1sc(NC(=O)C[NH2+][C@H](C)c2ccccc2)c(C(=O)OC)c1C. The molecular weight excluding hydrogens is 368 g/mol. The van der Waals surface area contributed by atoms with Gasteiger partial charge in [0.05, 0.1) is 19.8 Å². The molecule has 8 heteroatoms. The number of methoxy groups -OCH3 is 2. The highest BCUT2D eigenvalue weighted by molar-refractivity contribution is 7.18. The van der Waals surface area contributed by atoms with Crippen LogP contribution in [0.4, 0.5) is 5.00 Å². The molecule has 2 aromatic rings. The normalized spacial score (nSPS) is 11.6. The Hall–Kier alpha value is -2.71. The number of esters is 2. The second kappa shape index (κ2) is 9.29. The van der Waals surface area contributed by atoms with Crippen molar-refractivity contribution in [3.63, 3.8) is 0 Å². The van der Waals surface area contributed by atoms with Crippen molar-refractivity contribution in [3.05, 3.63) is 51.9 Å². The third-order valence-electron chi connectivity index (χ3n) is 4.14. The van der Waals surface area contributed by atoms with Crippen LogP contribution in [-0.2, 0) is 14.3 Å². The van der Waals surface area contributed by atoms with Gasteiger partial charge in [-0.25, -0.2) is 9.59 Å². The third-order valence-corrected chi connectivity index (χ3v) is 5.33. The first-order chi connectivity index (χ1) is 12.9. The molecule has 0 unspecified atom stereocenters. The minimum absolute atomic E-state index is 0.104. The maximum atomic E-state index is 12.4. The summed E-state index contributed by atoms with van der Waals surface area (Å²) in [4.78, 5) is 36.6. The minimum atomic E-state index is -0.615. The highest BCUT2D eigenvalue weighted by Gasteiger charge is 2.27. The number of nitrogens with one attached hydrogen (secondary N) is 1. The third kappa shape index (κ3) is 4.93. The number of rotatable bonds is 7. The Kier molecular flexibility index (Phi) is 7.09. The van der Waals surface area contributed by atoms with Crippen LogP contribution in [0.25, 0.3) is 0 Å². The summed E-state index contributed by atoms with van der Waals surface area (Å²) in [6.07, 6.45) is 0. The van der Waals surface area contributed by atoms with Crippen LogP contribution in [0.2, 0.25) is 0 Å². The lowest BCUT2D eigenvalue weighted by Crippen LogP contribution is -2.86. The number of ether oxygens (including phenoxy) is 2. The molecule has 0 aliphatic heterocycles. The fourth-order valence-corrected chi connectivity index (χ4v) is 3.72. The van der Waals surface area contributed by atoms with E-state index in [-0.39, 0.29) is 33.9 Å². The number of amides is 1. The number of benzene rings is 1. The molecule has 2 rings (SSSR count). The number of hydrogen-bond acceptors (Lipinski definition) is 6. The van der Waals surface area contributed by atoms with Gasteiger partial charge in [-0.2, -0.15) is 0 Å². The van der Waals surface area contributed by atoms with Crippen molar-refractivity contribution in [1.29, 1.82) is 0 Å². The second-order valence-corrected chi connectivity index (χ2v) is 6.95. The molecule has 3 N–H and O–H groups in total. The predicted octanol–water partition coefficient (Wildman–Crippen LogP) is 1.89. The molecule has 7 nitrogen and oxygen atoms in total. The summed E-state index contributed by atoms with van der Waals surface area (Å²) in [5.74, 6) is -1.45. The summed E-state index contributed by atoms with van der Waals surface area (Å²) in [6.45, 7) is 3.79. The van der Waals surface area contributed by atoms with Gasteiger partial charge in [0, 0.05) is 5.56 Å². The van der Waals surface area contributed by atoms with E-state index in [1.807, 2.05) is 42.6 Å². The van der Waals surface area contributed by atoms with Crippen molar-refractivity contribution in [3.8, 4) is 0 Å². The molecule has 0 saturated carbocycles. The summed E-state index contributed by atoms with van der Waals surface area (Å²) in [6, 6.07) is 9.94. The number of anilines is 1. The molecule has 0 fully saturated rings. The Morgan fingerprint density at radius 1 is 1.11 bits per heavy atom. The van der Waals surface area contributed by atoms with E-state index in [0.29, 0.717) is 5.56 Å². The Morgan fingerprint density at radius 2 is 1.74 bits per heavy atom. The van der Waals surface area contributed by atoms with Gasteiger partial charge >= 0.3 is 11.9 Å². The highest BCUT2D eigenvalue weighted by Crippen LogP contribution is 2.34. The molecule has 1 aromatic heterocycles. The molecular formula is C19H23N2O5S+. The average Bonchev–Trinajstić information content (AvgIpc) is 3.01. The van der Waals surface area contributed by atoms with E-state index in [1.54, 1.807) is 6.92 Å². The standard InChI is InChI=1S/C19H22N2O5S/c1-11-15(18(23)25-3)17(27-16(11)19(24)26-4)21-14(22)10-20-12(2)13-8-6-5-7-9-13/h5-9,12,20H,10H2,1-4H3,(H,21,22)/p+1/t12-/m1/s1. The number of nitrogens with two attached hydrogens (primary N) is 1. The van der Waals surface area contributed by atoms with Gasteiger partial charge in [0.2, 0.25) is 0 Å². The maximum Gasteiger partial charge on any atom is 0.348 e. The van der Waals surface area contributed by atoms with E-state index in [0.717, 1.165) is 16.9 Å². The largest absolute Gasteiger partial charge is 0.465 e. The van der Waals surface area contributed by atoms with Crippen molar-refractivity contribution in [2.45, 2.75) is 19.9 Å². The number of thiophene rings is 1. The van der Waals surface area contributed by atoms with Gasteiger partial charge in [0.1, 0.15) is 15.9 Å². The summed E-state index contributed by atoms with van der Waals surface area (Å²) in [5, 5.41) is 4.89. The molecule has 0 aliphatic carbocycles. The van der Waals surface area contributed by atoms with E-state index in [2.05, 4.69) is 5.32 Å². The van der Waals surface area contributed by atoms with Gasteiger partial charge in [0.25, 0.3) is 5.91 Å². The maximum absolute atomic E-state index is 12.4. The molecule has 0 bridgehead atoms. The fourth-order valence-electron chi connectivity index (χ4n) is 2.59. The average molecular weight is 391 g/mol. The molecule has 1 amide bonds. The summed E-state index contributed by atoms with van der Waals surface area (Å²) >= 11 is 1.00. The lowest BCUT2D eigenvalue weighted by atomic mass is 10.1. The van der Waals surface area contributed by atoms with Crippen molar-refractivity contribution >= 4 is 34.2 Å². The number of hydrogen-bond donors (Lipinski definition) is 2. The van der Waals surface area contributed by atoms with Gasteiger partial charge in [-0.1, -0.05) is 30.3 Å². The van der Waals surface area contributed by atoms with E-state index in [4.69, 9.17) is 9.47 Å². The highest BCUT2D eigenvalue weighted by atomic mass is 32.1. The van der Waals surface area contributed by atoms with Crippen LogP contribution in [0.15, 0.2) is 30.3 Å². The Bertz CT molecular complexity index is 832. The lowest BCUT2D eigenvalue weighted by Gasteiger charge is -2.11. The lowest BCUT2D eigenvalue weighted by molar-refractivity contribution is -0.682. The van der Waals surface area contributed by atoms with Crippen LogP contribution >= 0.6 is 11.3 Å². The smallest absolute Gasteiger partial charge is 0.348 e. The quantitative estimate of drug-likeness (QED) is 0.703. The van der Waals surface area contributed by atoms with Crippen LogP contribution < -0.4 is 10.6 Å². The topological polar surface area (TPSA) is 98.3 Å². The second-order valence-electron chi connectivity index (χ2n) is 5.93. The van der Waals surface area contributed by atoms with Crippen molar-refractivity contribution in [2.24, 2.45) is 0 Å². The fraction of sp³-hybridized carbons (Fsp3) is 0.316. The molecule has 27 heavy (non-hydrogen) atoms. The van der Waals surface area contributed by atoms with Crippen LogP contribution in [-0.4, -0.2) is 38.6 Å². The first-order valence-corrected chi connectivity index (χ1v) is 9.18. The van der Waals surface area contributed by atoms with E-state index in [1.165, 1.54) is 14.2 Å².